The number of hydrogen-bond donors (Lipinski definition) is 1. The van der Waals surface area contributed by atoms with Crippen LogP contribution in [-0.4, -0.2) is 41.8 Å². The van der Waals surface area contributed by atoms with Gasteiger partial charge in [-0.1, -0.05) is 20.8 Å². The summed E-state index contributed by atoms with van der Waals surface area (Å²) < 4.78 is 40.0. The highest BCUT2D eigenvalue weighted by atomic mass is 19.4. The molecule has 0 aromatic heterocycles. The van der Waals surface area contributed by atoms with Gasteiger partial charge in [0.05, 0.1) is 0 Å². The van der Waals surface area contributed by atoms with Crippen molar-refractivity contribution >= 4 is 0 Å². The quantitative estimate of drug-likeness (QED) is 0.849. The van der Waals surface area contributed by atoms with Crippen molar-refractivity contribution in [3.05, 3.63) is 0 Å². The number of piperazine rings is 1. The largest absolute Gasteiger partial charge is 0.406 e. The minimum Gasteiger partial charge on any atom is -0.311 e. The first-order valence-corrected chi connectivity index (χ1v) is 7.37. The van der Waals surface area contributed by atoms with Crippen LogP contribution in [0, 0.1) is 5.92 Å². The van der Waals surface area contributed by atoms with Crippen LogP contribution >= 0.6 is 0 Å². The van der Waals surface area contributed by atoms with E-state index in [1.807, 2.05) is 6.92 Å². The lowest BCUT2D eigenvalue weighted by atomic mass is 9.96. The second-order valence-electron chi connectivity index (χ2n) is 6.48. The van der Waals surface area contributed by atoms with Crippen LogP contribution < -0.4 is 5.32 Å². The summed E-state index contributed by atoms with van der Waals surface area (Å²) in [5, 5.41) is 3.42. The lowest BCUT2D eigenvalue weighted by Crippen LogP contribution is -2.63. The van der Waals surface area contributed by atoms with Crippen molar-refractivity contribution in [1.29, 1.82) is 0 Å². The average molecular weight is 278 g/mol. The minimum atomic E-state index is -4.08. The van der Waals surface area contributed by atoms with Crippen molar-refractivity contribution in [2.75, 3.05) is 13.1 Å². The van der Waals surface area contributed by atoms with Crippen molar-refractivity contribution in [2.24, 2.45) is 5.92 Å². The van der Waals surface area contributed by atoms with E-state index in [0.717, 1.165) is 12.8 Å². The normalized spacial score (nSPS) is 31.7. The van der Waals surface area contributed by atoms with Crippen LogP contribution in [0.15, 0.2) is 0 Å². The molecule has 0 bridgehead atoms. The third-order valence-electron chi connectivity index (χ3n) is 4.53. The third kappa shape index (κ3) is 2.92. The van der Waals surface area contributed by atoms with Crippen molar-refractivity contribution in [3.8, 4) is 0 Å². The van der Waals surface area contributed by atoms with Gasteiger partial charge in [-0.2, -0.15) is 13.2 Å². The summed E-state index contributed by atoms with van der Waals surface area (Å²) in [4.78, 5) is 1.76. The molecule has 2 rings (SSSR count). The average Bonchev–Trinajstić information content (AvgIpc) is 3.08. The zero-order valence-electron chi connectivity index (χ0n) is 12.1. The Kier molecular flexibility index (Phi) is 4.17. The molecule has 1 saturated heterocycles. The molecule has 2 fully saturated rings. The molecule has 112 valence electrons. The van der Waals surface area contributed by atoms with E-state index in [1.165, 1.54) is 0 Å². The highest BCUT2D eigenvalue weighted by molar-refractivity contribution is 5.12. The summed E-state index contributed by atoms with van der Waals surface area (Å²) in [7, 11) is 0. The molecule has 2 aliphatic rings. The van der Waals surface area contributed by atoms with E-state index < -0.39 is 11.7 Å². The maximum Gasteiger partial charge on any atom is 0.406 e. The van der Waals surface area contributed by atoms with Crippen LogP contribution in [0.4, 0.5) is 13.2 Å². The molecular weight excluding hydrogens is 253 g/mol. The monoisotopic (exact) mass is 278 g/mol. The van der Waals surface area contributed by atoms with E-state index in [0.29, 0.717) is 19.0 Å². The molecule has 1 heterocycles. The van der Waals surface area contributed by atoms with Gasteiger partial charge in [0.25, 0.3) is 0 Å². The molecule has 2 nitrogen and oxygen atoms in total. The lowest BCUT2D eigenvalue weighted by molar-refractivity contribution is -0.206. The first kappa shape index (κ1) is 15.1. The fourth-order valence-corrected chi connectivity index (χ4v) is 3.33. The summed E-state index contributed by atoms with van der Waals surface area (Å²) in [5.74, 6) is 0.513. The number of hydrogen-bond acceptors (Lipinski definition) is 2. The Morgan fingerprint density at radius 2 is 1.95 bits per heavy atom. The molecule has 0 aromatic carbocycles. The van der Waals surface area contributed by atoms with E-state index in [-0.39, 0.29) is 24.9 Å². The van der Waals surface area contributed by atoms with Gasteiger partial charge in [-0.05, 0) is 31.6 Å². The van der Waals surface area contributed by atoms with Gasteiger partial charge >= 0.3 is 6.18 Å². The lowest BCUT2D eigenvalue weighted by Gasteiger charge is -2.46. The van der Waals surface area contributed by atoms with Gasteiger partial charge in [0.2, 0.25) is 0 Å². The van der Waals surface area contributed by atoms with Gasteiger partial charge in [0, 0.05) is 25.2 Å². The van der Waals surface area contributed by atoms with E-state index in [4.69, 9.17) is 0 Å². The van der Waals surface area contributed by atoms with Gasteiger partial charge in [0.15, 0.2) is 0 Å². The molecule has 0 aromatic rings. The first-order chi connectivity index (χ1) is 8.80. The van der Waals surface area contributed by atoms with Gasteiger partial charge < -0.3 is 5.32 Å². The summed E-state index contributed by atoms with van der Waals surface area (Å²) in [5.41, 5.74) is -1.51. The number of nitrogens with one attached hydrogen (secondary N) is 1. The molecule has 1 aliphatic carbocycles. The number of halogens is 3. The Morgan fingerprint density at radius 3 is 2.37 bits per heavy atom. The summed E-state index contributed by atoms with van der Waals surface area (Å²) >= 11 is 0. The Labute approximate surface area is 113 Å². The SMILES string of the molecule is CCC1CNC(CC(C)C)CN1C1(C(F)(F)F)CC1. The summed E-state index contributed by atoms with van der Waals surface area (Å²) in [6, 6.07) is 0.218. The molecule has 2 atom stereocenters. The molecule has 0 amide bonds. The predicted molar refractivity (Wildman–Crippen MR) is 70.1 cm³/mol. The van der Waals surface area contributed by atoms with Crippen LogP contribution in [0.2, 0.25) is 0 Å². The number of nitrogens with zero attached hydrogens (tertiary/aromatic N) is 1. The van der Waals surface area contributed by atoms with E-state index >= 15 is 0 Å². The van der Waals surface area contributed by atoms with Crippen LogP contribution in [0.3, 0.4) is 0 Å². The molecule has 1 N–H and O–H groups in total. The molecule has 0 spiro atoms. The van der Waals surface area contributed by atoms with Crippen molar-refractivity contribution in [3.63, 3.8) is 0 Å². The van der Waals surface area contributed by atoms with E-state index in [1.54, 1.807) is 4.90 Å². The summed E-state index contributed by atoms with van der Waals surface area (Å²) in [6.45, 7) is 7.44. The summed E-state index contributed by atoms with van der Waals surface area (Å²) in [6.07, 6.45) is -1.80. The number of rotatable bonds is 4. The smallest absolute Gasteiger partial charge is 0.311 e. The van der Waals surface area contributed by atoms with Crippen molar-refractivity contribution in [1.82, 2.24) is 10.2 Å². The molecule has 19 heavy (non-hydrogen) atoms. The van der Waals surface area contributed by atoms with Crippen molar-refractivity contribution < 1.29 is 13.2 Å². The van der Waals surface area contributed by atoms with Gasteiger partial charge in [0.1, 0.15) is 5.54 Å². The van der Waals surface area contributed by atoms with Crippen molar-refractivity contribution in [2.45, 2.75) is 70.3 Å². The molecular formula is C14H25F3N2. The fourth-order valence-electron chi connectivity index (χ4n) is 3.33. The van der Waals surface area contributed by atoms with Gasteiger partial charge in [-0.3, -0.25) is 4.90 Å². The number of alkyl halides is 3. The second-order valence-corrected chi connectivity index (χ2v) is 6.48. The highest BCUT2D eigenvalue weighted by Crippen LogP contribution is 2.54. The van der Waals surface area contributed by atoms with Gasteiger partial charge in [-0.25, -0.2) is 0 Å². The molecule has 5 heteroatoms. The molecule has 2 unspecified atom stereocenters. The third-order valence-corrected chi connectivity index (χ3v) is 4.53. The fraction of sp³-hybridized carbons (Fsp3) is 1.00. The maximum atomic E-state index is 13.3. The standard InChI is InChI=1S/C14H25F3N2/c1-4-12-8-18-11(7-10(2)3)9-19(12)13(5-6-13)14(15,16)17/h10-12,18H,4-9H2,1-3H3. The van der Waals surface area contributed by atoms with Crippen LogP contribution in [0.5, 0.6) is 0 Å². The van der Waals surface area contributed by atoms with E-state index in [2.05, 4.69) is 19.2 Å². The zero-order valence-corrected chi connectivity index (χ0v) is 12.1. The Bertz CT molecular complexity index is 310. The maximum absolute atomic E-state index is 13.3. The Morgan fingerprint density at radius 1 is 1.32 bits per heavy atom. The molecule has 1 aliphatic heterocycles. The van der Waals surface area contributed by atoms with Crippen LogP contribution in [0.1, 0.15) is 46.5 Å². The highest BCUT2D eigenvalue weighted by Gasteiger charge is 2.67. The van der Waals surface area contributed by atoms with Crippen LogP contribution in [-0.2, 0) is 0 Å². The second kappa shape index (κ2) is 5.24. The predicted octanol–water partition coefficient (Wildman–Crippen LogP) is 3.18. The molecule has 1 saturated carbocycles. The Balaban J connectivity index is 2.11. The minimum absolute atomic E-state index is 0.0209. The van der Waals surface area contributed by atoms with E-state index in [9.17, 15) is 13.2 Å². The topological polar surface area (TPSA) is 15.3 Å². The van der Waals surface area contributed by atoms with Crippen LogP contribution in [0.25, 0.3) is 0 Å². The van der Waals surface area contributed by atoms with Gasteiger partial charge in [-0.15, -0.1) is 0 Å². The Hall–Kier alpha value is -0.290. The zero-order chi connectivity index (χ0) is 14.3. The molecule has 0 radical (unpaired) electrons. The first-order valence-electron chi connectivity index (χ1n) is 7.37.